The molecule has 0 fully saturated rings. The van der Waals surface area contributed by atoms with Crippen molar-refractivity contribution in [3.8, 4) is 11.4 Å². The Hall–Kier alpha value is -2.43. The van der Waals surface area contributed by atoms with E-state index in [0.29, 0.717) is 23.6 Å². The van der Waals surface area contributed by atoms with Crippen LogP contribution in [0.25, 0.3) is 11.4 Å². The molecule has 1 aromatic heterocycles. The largest absolute Gasteiger partial charge is 0.464 e. The van der Waals surface area contributed by atoms with Gasteiger partial charge in [0, 0.05) is 11.1 Å². The molecule has 0 bridgehead atoms. The van der Waals surface area contributed by atoms with Crippen LogP contribution in [0.5, 0.6) is 0 Å². The molecule has 21 heavy (non-hydrogen) atoms. The number of carbonyl (C=O) groups is 1. The molecule has 2 aromatic rings. The fourth-order valence-corrected chi connectivity index (χ4v) is 2.09. The van der Waals surface area contributed by atoms with E-state index >= 15 is 0 Å². The zero-order chi connectivity index (χ0) is 15.4. The van der Waals surface area contributed by atoms with Gasteiger partial charge in [-0.15, -0.1) is 0 Å². The fourth-order valence-electron chi connectivity index (χ4n) is 2.09. The summed E-state index contributed by atoms with van der Waals surface area (Å²) in [5.41, 5.74) is 8.88. The topological polar surface area (TPSA) is 78.1 Å². The maximum atomic E-state index is 11.9. The highest BCUT2D eigenvalue weighted by molar-refractivity contribution is 5.90. The number of aryl methyl sites for hydroxylation is 1. The monoisotopic (exact) mass is 285 g/mol. The first-order valence-electron chi connectivity index (χ1n) is 6.88. The SMILES string of the molecule is CCCc1c(N)nc(-c2ccc(C)cc2)nc1C(=O)OC. The second kappa shape index (κ2) is 6.35. The smallest absolute Gasteiger partial charge is 0.357 e. The van der Waals surface area contributed by atoms with Crippen LogP contribution in [0, 0.1) is 6.92 Å². The Labute approximate surface area is 124 Å². The summed E-state index contributed by atoms with van der Waals surface area (Å²) in [6.45, 7) is 4.01. The molecule has 0 saturated carbocycles. The molecule has 110 valence electrons. The second-order valence-electron chi connectivity index (χ2n) is 4.87. The van der Waals surface area contributed by atoms with Crippen LogP contribution < -0.4 is 5.73 Å². The van der Waals surface area contributed by atoms with Crippen molar-refractivity contribution < 1.29 is 9.53 Å². The van der Waals surface area contributed by atoms with Crippen LogP contribution in [0.1, 0.15) is 35.0 Å². The van der Waals surface area contributed by atoms with Gasteiger partial charge in [-0.05, 0) is 13.3 Å². The minimum atomic E-state index is -0.485. The van der Waals surface area contributed by atoms with Crippen molar-refractivity contribution in [1.29, 1.82) is 0 Å². The Morgan fingerprint density at radius 3 is 2.48 bits per heavy atom. The lowest BCUT2D eigenvalue weighted by Gasteiger charge is -2.11. The summed E-state index contributed by atoms with van der Waals surface area (Å²) in [7, 11) is 1.34. The van der Waals surface area contributed by atoms with Crippen LogP contribution in [0.2, 0.25) is 0 Å². The van der Waals surface area contributed by atoms with Crippen molar-refractivity contribution in [2.75, 3.05) is 12.8 Å². The molecule has 5 heteroatoms. The summed E-state index contributed by atoms with van der Waals surface area (Å²) >= 11 is 0. The predicted molar refractivity (Wildman–Crippen MR) is 82.0 cm³/mol. The van der Waals surface area contributed by atoms with Crippen molar-refractivity contribution in [2.45, 2.75) is 26.7 Å². The molecule has 2 N–H and O–H groups in total. The lowest BCUT2D eigenvalue weighted by Crippen LogP contribution is -2.14. The molecule has 0 aliphatic carbocycles. The van der Waals surface area contributed by atoms with Crippen LogP contribution in [-0.2, 0) is 11.2 Å². The highest BCUT2D eigenvalue weighted by Crippen LogP contribution is 2.23. The molecule has 0 saturated heterocycles. The van der Waals surface area contributed by atoms with Gasteiger partial charge in [-0.2, -0.15) is 0 Å². The molecule has 2 rings (SSSR count). The Morgan fingerprint density at radius 1 is 1.24 bits per heavy atom. The third kappa shape index (κ3) is 3.18. The van der Waals surface area contributed by atoms with E-state index in [-0.39, 0.29) is 5.69 Å². The van der Waals surface area contributed by atoms with Crippen LogP contribution in [0.3, 0.4) is 0 Å². The molecule has 0 spiro atoms. The summed E-state index contributed by atoms with van der Waals surface area (Å²) in [4.78, 5) is 20.6. The number of esters is 1. The van der Waals surface area contributed by atoms with E-state index in [2.05, 4.69) is 9.97 Å². The third-order valence-electron chi connectivity index (χ3n) is 3.23. The van der Waals surface area contributed by atoms with E-state index in [1.54, 1.807) is 0 Å². The fraction of sp³-hybridized carbons (Fsp3) is 0.312. The Balaban J connectivity index is 2.56. The maximum absolute atomic E-state index is 11.9. The number of rotatable bonds is 4. The molecule has 0 aliphatic rings. The molecule has 0 radical (unpaired) electrons. The zero-order valence-electron chi connectivity index (χ0n) is 12.5. The third-order valence-corrected chi connectivity index (χ3v) is 3.23. The number of benzene rings is 1. The van der Waals surface area contributed by atoms with Crippen LogP contribution >= 0.6 is 0 Å². The number of hydrogen-bond acceptors (Lipinski definition) is 5. The van der Waals surface area contributed by atoms with E-state index in [0.717, 1.165) is 17.5 Å². The average Bonchev–Trinajstić information content (AvgIpc) is 2.49. The lowest BCUT2D eigenvalue weighted by atomic mass is 10.1. The molecule has 0 atom stereocenters. The summed E-state index contributed by atoms with van der Waals surface area (Å²) in [5.74, 6) is 0.288. The van der Waals surface area contributed by atoms with Gasteiger partial charge in [0.1, 0.15) is 5.82 Å². The number of aromatic nitrogens is 2. The highest BCUT2D eigenvalue weighted by atomic mass is 16.5. The molecule has 1 heterocycles. The van der Waals surface area contributed by atoms with Gasteiger partial charge < -0.3 is 10.5 Å². The normalized spacial score (nSPS) is 10.4. The van der Waals surface area contributed by atoms with E-state index in [4.69, 9.17) is 10.5 Å². The van der Waals surface area contributed by atoms with Crippen LogP contribution in [0.4, 0.5) is 5.82 Å². The predicted octanol–water partition coefficient (Wildman–Crippen LogP) is 2.77. The van der Waals surface area contributed by atoms with Crippen molar-refractivity contribution >= 4 is 11.8 Å². The standard InChI is InChI=1S/C16H19N3O2/c1-4-5-12-13(16(20)21-3)18-15(19-14(12)17)11-8-6-10(2)7-9-11/h6-9H,4-5H2,1-3H3,(H2,17,18,19). The first-order valence-corrected chi connectivity index (χ1v) is 6.88. The summed E-state index contributed by atoms with van der Waals surface area (Å²) in [6.07, 6.45) is 1.49. The summed E-state index contributed by atoms with van der Waals surface area (Å²) in [6, 6.07) is 7.74. The minimum Gasteiger partial charge on any atom is -0.464 e. The van der Waals surface area contributed by atoms with E-state index in [1.807, 2.05) is 38.1 Å². The number of ether oxygens (including phenoxy) is 1. The van der Waals surface area contributed by atoms with Crippen molar-refractivity contribution in [3.63, 3.8) is 0 Å². The van der Waals surface area contributed by atoms with Gasteiger partial charge in [0.25, 0.3) is 0 Å². The number of nitrogens with zero attached hydrogens (tertiary/aromatic N) is 2. The molecule has 0 aliphatic heterocycles. The molecule has 5 nitrogen and oxygen atoms in total. The molecular formula is C16H19N3O2. The van der Waals surface area contributed by atoms with E-state index < -0.39 is 5.97 Å². The number of carbonyl (C=O) groups excluding carboxylic acids is 1. The van der Waals surface area contributed by atoms with E-state index in [9.17, 15) is 4.79 Å². The Bertz CT molecular complexity index is 651. The number of nitrogens with two attached hydrogens (primary N) is 1. The lowest BCUT2D eigenvalue weighted by molar-refractivity contribution is 0.0592. The quantitative estimate of drug-likeness (QED) is 0.874. The van der Waals surface area contributed by atoms with Gasteiger partial charge in [-0.1, -0.05) is 43.2 Å². The molecule has 1 aromatic carbocycles. The number of hydrogen-bond donors (Lipinski definition) is 1. The van der Waals surface area contributed by atoms with Gasteiger partial charge in [0.2, 0.25) is 0 Å². The van der Waals surface area contributed by atoms with Crippen LogP contribution in [-0.4, -0.2) is 23.0 Å². The van der Waals surface area contributed by atoms with Gasteiger partial charge in [0.15, 0.2) is 11.5 Å². The average molecular weight is 285 g/mol. The number of anilines is 1. The summed E-state index contributed by atoms with van der Waals surface area (Å²) in [5, 5.41) is 0. The number of nitrogen functional groups attached to an aromatic ring is 1. The van der Waals surface area contributed by atoms with Crippen molar-refractivity contribution in [2.24, 2.45) is 0 Å². The van der Waals surface area contributed by atoms with Gasteiger partial charge >= 0.3 is 5.97 Å². The van der Waals surface area contributed by atoms with E-state index in [1.165, 1.54) is 7.11 Å². The zero-order valence-corrected chi connectivity index (χ0v) is 12.5. The first-order chi connectivity index (χ1) is 10.1. The van der Waals surface area contributed by atoms with Gasteiger partial charge in [-0.25, -0.2) is 14.8 Å². The Kier molecular flexibility index (Phi) is 4.52. The maximum Gasteiger partial charge on any atom is 0.357 e. The van der Waals surface area contributed by atoms with Gasteiger partial charge in [-0.3, -0.25) is 0 Å². The highest BCUT2D eigenvalue weighted by Gasteiger charge is 2.19. The second-order valence-corrected chi connectivity index (χ2v) is 4.87. The summed E-state index contributed by atoms with van der Waals surface area (Å²) < 4.78 is 4.80. The minimum absolute atomic E-state index is 0.252. The molecule has 0 unspecified atom stereocenters. The Morgan fingerprint density at radius 2 is 1.90 bits per heavy atom. The first kappa shape index (κ1) is 15.0. The van der Waals surface area contributed by atoms with Gasteiger partial charge in [0.05, 0.1) is 7.11 Å². The van der Waals surface area contributed by atoms with Crippen molar-refractivity contribution in [1.82, 2.24) is 9.97 Å². The van der Waals surface area contributed by atoms with Crippen LogP contribution in [0.15, 0.2) is 24.3 Å². The van der Waals surface area contributed by atoms with Crippen molar-refractivity contribution in [3.05, 3.63) is 41.1 Å². The molecule has 0 amide bonds. The molecular weight excluding hydrogens is 266 g/mol. The number of methoxy groups -OCH3 is 1.